The molecule has 0 atom stereocenters. The maximum atomic E-state index is 12.2. The summed E-state index contributed by atoms with van der Waals surface area (Å²) in [7, 11) is 1.96. The molecule has 0 unspecified atom stereocenters. The van der Waals surface area contributed by atoms with E-state index in [4.69, 9.17) is 11.6 Å². The fourth-order valence-electron chi connectivity index (χ4n) is 3.22. The summed E-state index contributed by atoms with van der Waals surface area (Å²) in [6.45, 7) is 1.10. The molecule has 0 saturated heterocycles. The molecule has 4 rings (SSSR count). The van der Waals surface area contributed by atoms with Crippen molar-refractivity contribution < 1.29 is 0 Å². The highest BCUT2D eigenvalue weighted by Gasteiger charge is 2.11. The van der Waals surface area contributed by atoms with E-state index in [9.17, 15) is 4.79 Å². The van der Waals surface area contributed by atoms with E-state index in [0.29, 0.717) is 35.0 Å². The normalized spacial score (nSPS) is 11.6. The highest BCUT2D eigenvalue weighted by atomic mass is 35.5. The second kappa shape index (κ2) is 7.91. The summed E-state index contributed by atoms with van der Waals surface area (Å²) in [4.78, 5) is 27.4. The number of rotatable bonds is 5. The van der Waals surface area contributed by atoms with Crippen LogP contribution in [0.4, 0.5) is 0 Å². The number of halogens is 1. The number of benzene rings is 2. The predicted octanol–water partition coefficient (Wildman–Crippen LogP) is 4.48. The molecule has 0 aliphatic rings. The van der Waals surface area contributed by atoms with Crippen LogP contribution in [0.3, 0.4) is 0 Å². The Bertz CT molecular complexity index is 1220. The van der Waals surface area contributed by atoms with E-state index in [1.165, 1.54) is 0 Å². The highest BCUT2D eigenvalue weighted by Crippen LogP contribution is 2.25. The summed E-state index contributed by atoms with van der Waals surface area (Å²) < 4.78 is 0. The van der Waals surface area contributed by atoms with Crippen LogP contribution >= 0.6 is 23.4 Å². The maximum Gasteiger partial charge on any atom is 0.258 e. The Morgan fingerprint density at radius 3 is 2.71 bits per heavy atom. The van der Waals surface area contributed by atoms with Crippen LogP contribution in [0.1, 0.15) is 11.4 Å². The summed E-state index contributed by atoms with van der Waals surface area (Å²) in [5.41, 5.74) is 2.41. The number of pyridine rings is 1. The molecular formula is C21H19ClN4OS. The molecule has 142 valence electrons. The number of para-hydroxylation sites is 1. The van der Waals surface area contributed by atoms with Gasteiger partial charge in [0, 0.05) is 22.4 Å². The summed E-state index contributed by atoms with van der Waals surface area (Å²) in [5.74, 6) is 0.626. The summed E-state index contributed by atoms with van der Waals surface area (Å²) in [6.07, 6.45) is 2.04. The smallest absolute Gasteiger partial charge is 0.258 e. The lowest BCUT2D eigenvalue weighted by atomic mass is 10.1. The Morgan fingerprint density at radius 2 is 1.89 bits per heavy atom. The van der Waals surface area contributed by atoms with Crippen LogP contribution in [-0.2, 0) is 13.1 Å². The second-order valence-corrected chi connectivity index (χ2v) is 7.94. The molecule has 0 fully saturated rings. The first-order valence-electron chi connectivity index (χ1n) is 8.83. The molecule has 1 N–H and O–H groups in total. The van der Waals surface area contributed by atoms with Crippen molar-refractivity contribution >= 4 is 45.2 Å². The molecule has 2 aromatic carbocycles. The van der Waals surface area contributed by atoms with Crippen molar-refractivity contribution in [2.45, 2.75) is 18.0 Å². The summed E-state index contributed by atoms with van der Waals surface area (Å²) >= 11 is 8.11. The Hall–Kier alpha value is -2.41. The van der Waals surface area contributed by atoms with Crippen LogP contribution in [-0.4, -0.2) is 33.2 Å². The molecule has 28 heavy (non-hydrogen) atoms. The molecular weight excluding hydrogens is 392 g/mol. The quantitative estimate of drug-likeness (QED) is 0.388. The molecule has 5 nitrogen and oxygen atoms in total. The monoisotopic (exact) mass is 410 g/mol. The number of hydrogen-bond donors (Lipinski definition) is 1. The number of aromatic amines is 1. The average molecular weight is 411 g/mol. The maximum absolute atomic E-state index is 12.2. The molecule has 2 aromatic heterocycles. The predicted molar refractivity (Wildman–Crippen MR) is 116 cm³/mol. The van der Waals surface area contributed by atoms with Crippen LogP contribution < -0.4 is 5.56 Å². The van der Waals surface area contributed by atoms with Gasteiger partial charge < -0.3 is 4.98 Å². The molecule has 0 aliphatic heterocycles. The van der Waals surface area contributed by atoms with Crippen molar-refractivity contribution in [3.05, 3.63) is 75.4 Å². The van der Waals surface area contributed by atoms with E-state index in [-0.39, 0.29) is 5.56 Å². The largest absolute Gasteiger partial charge is 0.309 e. The van der Waals surface area contributed by atoms with Gasteiger partial charge in [0.15, 0.2) is 0 Å². The van der Waals surface area contributed by atoms with Gasteiger partial charge in [0.2, 0.25) is 0 Å². The van der Waals surface area contributed by atoms with E-state index in [0.717, 1.165) is 21.4 Å². The Balaban J connectivity index is 1.57. The van der Waals surface area contributed by atoms with E-state index in [1.807, 2.05) is 37.6 Å². The van der Waals surface area contributed by atoms with E-state index in [1.54, 1.807) is 17.8 Å². The minimum atomic E-state index is -0.121. The highest BCUT2D eigenvalue weighted by molar-refractivity contribution is 7.98. The standard InChI is InChI=1S/C21H19ClN4OS/c1-26(12-19-23-17-6-4-3-5-16(17)21(27)25-19)11-14-9-13-7-8-15(28-2)10-18(13)24-20(14)22/h3-10H,11-12H2,1-2H3,(H,23,25,27). The van der Waals surface area contributed by atoms with Crippen molar-refractivity contribution in [2.75, 3.05) is 13.3 Å². The van der Waals surface area contributed by atoms with Gasteiger partial charge in [0.05, 0.1) is 23.0 Å². The van der Waals surface area contributed by atoms with Gasteiger partial charge in [0.25, 0.3) is 5.56 Å². The van der Waals surface area contributed by atoms with Crippen molar-refractivity contribution in [3.8, 4) is 0 Å². The number of H-pyrrole nitrogens is 1. The lowest BCUT2D eigenvalue weighted by molar-refractivity contribution is 0.310. The Kier molecular flexibility index (Phi) is 5.35. The third kappa shape index (κ3) is 3.90. The SMILES string of the molecule is CSc1ccc2cc(CN(C)Cc3nc4ccccc4c(=O)[nH]3)c(Cl)nc2c1. The average Bonchev–Trinajstić information content (AvgIpc) is 2.68. The molecule has 7 heteroatoms. The van der Waals surface area contributed by atoms with E-state index < -0.39 is 0 Å². The van der Waals surface area contributed by atoms with Crippen LogP contribution in [0.5, 0.6) is 0 Å². The number of fused-ring (bicyclic) bond motifs is 2. The third-order valence-corrected chi connectivity index (χ3v) is 5.63. The first-order chi connectivity index (χ1) is 13.5. The van der Waals surface area contributed by atoms with Crippen LogP contribution in [0, 0.1) is 0 Å². The van der Waals surface area contributed by atoms with Gasteiger partial charge in [-0.25, -0.2) is 9.97 Å². The summed E-state index contributed by atoms with van der Waals surface area (Å²) in [5, 5.41) is 2.15. The third-order valence-electron chi connectivity index (χ3n) is 4.57. The zero-order valence-corrected chi connectivity index (χ0v) is 17.1. The van der Waals surface area contributed by atoms with Gasteiger partial charge in [0.1, 0.15) is 11.0 Å². The van der Waals surface area contributed by atoms with E-state index in [2.05, 4.69) is 38.1 Å². The molecule has 0 spiro atoms. The van der Waals surface area contributed by atoms with Crippen molar-refractivity contribution in [1.29, 1.82) is 0 Å². The first kappa shape index (κ1) is 18.9. The van der Waals surface area contributed by atoms with Gasteiger partial charge >= 0.3 is 0 Å². The lowest BCUT2D eigenvalue weighted by Gasteiger charge is -2.17. The molecule has 0 saturated carbocycles. The van der Waals surface area contributed by atoms with Crippen LogP contribution in [0.15, 0.2) is 58.2 Å². The van der Waals surface area contributed by atoms with E-state index >= 15 is 0 Å². The fraction of sp³-hybridized carbons (Fsp3) is 0.190. The van der Waals surface area contributed by atoms with Gasteiger partial charge in [-0.3, -0.25) is 9.69 Å². The second-order valence-electron chi connectivity index (χ2n) is 6.70. The Labute approximate surface area is 171 Å². The number of hydrogen-bond acceptors (Lipinski definition) is 5. The van der Waals surface area contributed by atoms with Gasteiger partial charge in [-0.2, -0.15) is 0 Å². The minimum absolute atomic E-state index is 0.121. The Morgan fingerprint density at radius 1 is 1.07 bits per heavy atom. The number of thioether (sulfide) groups is 1. The molecule has 0 amide bonds. The van der Waals surface area contributed by atoms with Crippen molar-refractivity contribution in [2.24, 2.45) is 0 Å². The van der Waals surface area contributed by atoms with Gasteiger partial charge in [-0.15, -0.1) is 11.8 Å². The molecule has 0 aliphatic carbocycles. The fourth-order valence-corrected chi connectivity index (χ4v) is 3.86. The molecule has 4 aromatic rings. The topological polar surface area (TPSA) is 61.9 Å². The van der Waals surface area contributed by atoms with Gasteiger partial charge in [-0.05, 0) is 43.6 Å². The first-order valence-corrected chi connectivity index (χ1v) is 10.4. The lowest BCUT2D eigenvalue weighted by Crippen LogP contribution is -2.22. The number of nitrogens with zero attached hydrogens (tertiary/aromatic N) is 3. The number of aromatic nitrogens is 3. The van der Waals surface area contributed by atoms with Crippen molar-refractivity contribution in [1.82, 2.24) is 19.9 Å². The van der Waals surface area contributed by atoms with Gasteiger partial charge in [-0.1, -0.05) is 29.8 Å². The zero-order valence-electron chi connectivity index (χ0n) is 15.6. The van der Waals surface area contributed by atoms with Crippen LogP contribution in [0.25, 0.3) is 21.8 Å². The van der Waals surface area contributed by atoms with Crippen LogP contribution in [0.2, 0.25) is 5.15 Å². The molecule has 0 bridgehead atoms. The molecule has 0 radical (unpaired) electrons. The molecule has 2 heterocycles. The number of nitrogens with one attached hydrogen (secondary N) is 1. The summed E-state index contributed by atoms with van der Waals surface area (Å²) in [6, 6.07) is 15.6. The minimum Gasteiger partial charge on any atom is -0.309 e. The van der Waals surface area contributed by atoms with Crippen molar-refractivity contribution in [3.63, 3.8) is 0 Å². The zero-order chi connectivity index (χ0) is 19.7.